The first-order valence-corrected chi connectivity index (χ1v) is 7.29. The molecule has 1 heterocycles. The number of amides is 1. The highest BCUT2D eigenvalue weighted by Crippen LogP contribution is 2.24. The first kappa shape index (κ1) is 16.6. The maximum atomic E-state index is 12.4. The summed E-state index contributed by atoms with van der Waals surface area (Å²) in [5, 5.41) is 15.2. The third kappa shape index (κ3) is 3.91. The van der Waals surface area contributed by atoms with Gasteiger partial charge in [-0.05, 0) is 24.5 Å². The monoisotopic (exact) mass is 317 g/mol. The van der Waals surface area contributed by atoms with E-state index in [0.29, 0.717) is 12.5 Å². The van der Waals surface area contributed by atoms with Gasteiger partial charge < -0.3 is 4.90 Å². The highest BCUT2D eigenvalue weighted by Gasteiger charge is 2.21. The number of hydrogen-bond acceptors (Lipinski definition) is 5. The van der Waals surface area contributed by atoms with E-state index in [4.69, 9.17) is 0 Å². The van der Waals surface area contributed by atoms with Gasteiger partial charge in [-0.15, -0.1) is 0 Å². The van der Waals surface area contributed by atoms with Crippen molar-refractivity contribution >= 4 is 11.6 Å². The van der Waals surface area contributed by atoms with E-state index in [1.54, 1.807) is 18.0 Å². The molecule has 0 unspecified atom stereocenters. The average molecular weight is 317 g/mol. The van der Waals surface area contributed by atoms with Gasteiger partial charge in [-0.3, -0.25) is 14.9 Å². The summed E-state index contributed by atoms with van der Waals surface area (Å²) in [6.07, 6.45) is 3.54. The fourth-order valence-electron chi connectivity index (χ4n) is 2.10. The van der Waals surface area contributed by atoms with Crippen LogP contribution in [0, 0.1) is 16.0 Å². The lowest BCUT2D eigenvalue weighted by Crippen LogP contribution is -2.28. The molecule has 0 saturated carbocycles. The minimum atomic E-state index is -0.526. The summed E-state index contributed by atoms with van der Waals surface area (Å²) in [7, 11) is 1.70. The SMILES string of the molecule is CC(C)CCN(C)C(=O)c1ccc(-n2cncn2)c([N+](=O)[O-])c1. The lowest BCUT2D eigenvalue weighted by molar-refractivity contribution is -0.384. The molecule has 0 spiro atoms. The summed E-state index contributed by atoms with van der Waals surface area (Å²) in [5.74, 6) is 0.244. The predicted octanol–water partition coefficient (Wildman–Crippen LogP) is 2.29. The fraction of sp³-hybridized carbons (Fsp3) is 0.400. The third-order valence-electron chi connectivity index (χ3n) is 3.47. The van der Waals surface area contributed by atoms with Crippen molar-refractivity contribution in [1.29, 1.82) is 0 Å². The molecular weight excluding hydrogens is 298 g/mol. The van der Waals surface area contributed by atoms with E-state index in [2.05, 4.69) is 23.9 Å². The number of nitro groups is 1. The normalized spacial score (nSPS) is 10.8. The van der Waals surface area contributed by atoms with Crippen LogP contribution in [0.1, 0.15) is 30.6 Å². The number of nitrogens with zero attached hydrogens (tertiary/aromatic N) is 5. The van der Waals surface area contributed by atoms with Crippen LogP contribution >= 0.6 is 0 Å². The van der Waals surface area contributed by atoms with Crippen molar-refractivity contribution in [3.05, 3.63) is 46.5 Å². The van der Waals surface area contributed by atoms with Crippen molar-refractivity contribution in [3.63, 3.8) is 0 Å². The van der Waals surface area contributed by atoms with Gasteiger partial charge in [0.25, 0.3) is 11.6 Å². The van der Waals surface area contributed by atoms with Gasteiger partial charge in [-0.25, -0.2) is 9.67 Å². The van der Waals surface area contributed by atoms with E-state index < -0.39 is 4.92 Å². The molecule has 0 atom stereocenters. The Morgan fingerprint density at radius 2 is 2.17 bits per heavy atom. The molecule has 0 aliphatic heterocycles. The molecule has 2 aromatic rings. The first-order chi connectivity index (χ1) is 10.9. The zero-order chi connectivity index (χ0) is 17.0. The molecule has 0 aliphatic carbocycles. The van der Waals surface area contributed by atoms with Gasteiger partial charge >= 0.3 is 0 Å². The first-order valence-electron chi connectivity index (χ1n) is 7.29. The van der Waals surface area contributed by atoms with Gasteiger partial charge in [-0.1, -0.05) is 13.8 Å². The Morgan fingerprint density at radius 3 is 2.74 bits per heavy atom. The Hall–Kier alpha value is -2.77. The van der Waals surface area contributed by atoms with Crippen LogP contribution in [0.15, 0.2) is 30.9 Å². The Labute approximate surface area is 133 Å². The van der Waals surface area contributed by atoms with Gasteiger partial charge in [0.2, 0.25) is 0 Å². The van der Waals surface area contributed by atoms with E-state index in [9.17, 15) is 14.9 Å². The smallest absolute Gasteiger partial charge is 0.295 e. The largest absolute Gasteiger partial charge is 0.342 e. The van der Waals surface area contributed by atoms with Crippen LogP contribution in [0.4, 0.5) is 5.69 Å². The molecule has 1 aromatic carbocycles. The van der Waals surface area contributed by atoms with Crippen molar-refractivity contribution in [2.24, 2.45) is 5.92 Å². The molecular formula is C15H19N5O3. The molecule has 23 heavy (non-hydrogen) atoms. The minimum Gasteiger partial charge on any atom is -0.342 e. The number of carbonyl (C=O) groups excluding carboxylic acids is 1. The molecule has 0 N–H and O–H groups in total. The number of nitro benzene ring substituents is 1. The summed E-state index contributed by atoms with van der Waals surface area (Å²) >= 11 is 0. The van der Waals surface area contributed by atoms with Crippen molar-refractivity contribution in [2.45, 2.75) is 20.3 Å². The highest BCUT2D eigenvalue weighted by molar-refractivity contribution is 5.95. The fourth-order valence-corrected chi connectivity index (χ4v) is 2.10. The molecule has 122 valence electrons. The van der Waals surface area contributed by atoms with Gasteiger partial charge in [-0.2, -0.15) is 5.10 Å². The molecule has 8 heteroatoms. The molecule has 8 nitrogen and oxygen atoms in total. The predicted molar refractivity (Wildman–Crippen MR) is 84.4 cm³/mol. The molecule has 0 fully saturated rings. The van der Waals surface area contributed by atoms with E-state index in [-0.39, 0.29) is 22.8 Å². The molecule has 0 aliphatic rings. The van der Waals surface area contributed by atoms with Crippen molar-refractivity contribution in [3.8, 4) is 5.69 Å². The van der Waals surface area contributed by atoms with Gasteiger partial charge in [0, 0.05) is 25.2 Å². The molecule has 0 saturated heterocycles. The van der Waals surface area contributed by atoms with Crippen LogP contribution in [0.2, 0.25) is 0 Å². The number of aromatic nitrogens is 3. The van der Waals surface area contributed by atoms with E-state index in [0.717, 1.165) is 6.42 Å². The lowest BCUT2D eigenvalue weighted by Gasteiger charge is -2.18. The number of benzene rings is 1. The second-order valence-corrected chi connectivity index (χ2v) is 5.71. The highest BCUT2D eigenvalue weighted by atomic mass is 16.6. The van der Waals surface area contributed by atoms with Crippen LogP contribution < -0.4 is 0 Å². The second kappa shape index (κ2) is 6.99. The topological polar surface area (TPSA) is 94.2 Å². The van der Waals surface area contributed by atoms with Crippen LogP contribution in [0.3, 0.4) is 0 Å². The molecule has 0 bridgehead atoms. The van der Waals surface area contributed by atoms with Crippen LogP contribution in [-0.2, 0) is 0 Å². The van der Waals surface area contributed by atoms with Crippen molar-refractivity contribution in [2.75, 3.05) is 13.6 Å². The van der Waals surface area contributed by atoms with Crippen molar-refractivity contribution < 1.29 is 9.72 Å². The van der Waals surface area contributed by atoms with E-state index >= 15 is 0 Å². The average Bonchev–Trinajstić information content (AvgIpc) is 3.05. The van der Waals surface area contributed by atoms with Gasteiger partial charge in [0.05, 0.1) is 4.92 Å². The van der Waals surface area contributed by atoms with Gasteiger partial charge in [0.15, 0.2) is 0 Å². The third-order valence-corrected chi connectivity index (χ3v) is 3.47. The van der Waals surface area contributed by atoms with Crippen LogP contribution in [0.25, 0.3) is 5.69 Å². The van der Waals surface area contributed by atoms with E-state index in [1.165, 1.54) is 29.5 Å². The van der Waals surface area contributed by atoms with E-state index in [1.807, 2.05) is 0 Å². The number of rotatable bonds is 6. The van der Waals surface area contributed by atoms with Gasteiger partial charge in [0.1, 0.15) is 18.3 Å². The van der Waals surface area contributed by atoms with Crippen LogP contribution in [-0.4, -0.2) is 44.1 Å². The molecule has 1 amide bonds. The number of hydrogen-bond donors (Lipinski definition) is 0. The second-order valence-electron chi connectivity index (χ2n) is 5.71. The Balaban J connectivity index is 2.29. The summed E-state index contributed by atoms with van der Waals surface area (Å²) in [6, 6.07) is 4.36. The minimum absolute atomic E-state index is 0.182. The Kier molecular flexibility index (Phi) is 5.05. The summed E-state index contributed by atoms with van der Waals surface area (Å²) in [6.45, 7) is 4.77. The Morgan fingerprint density at radius 1 is 1.43 bits per heavy atom. The van der Waals surface area contributed by atoms with Crippen LogP contribution in [0.5, 0.6) is 0 Å². The molecule has 1 aromatic heterocycles. The molecule has 2 rings (SSSR count). The maximum Gasteiger partial charge on any atom is 0.295 e. The van der Waals surface area contributed by atoms with Crippen molar-refractivity contribution in [1.82, 2.24) is 19.7 Å². The Bertz CT molecular complexity index is 697. The standard InChI is InChI=1S/C15H19N5O3/c1-11(2)6-7-18(3)15(21)12-4-5-13(14(8-12)20(22)23)19-10-16-9-17-19/h4-5,8-11H,6-7H2,1-3H3. The summed E-state index contributed by atoms with van der Waals surface area (Å²) in [4.78, 5) is 28.5. The summed E-state index contributed by atoms with van der Waals surface area (Å²) in [5.41, 5.74) is 0.374. The zero-order valence-electron chi connectivity index (χ0n) is 13.3. The maximum absolute atomic E-state index is 12.4. The zero-order valence-corrected chi connectivity index (χ0v) is 13.3. The lowest BCUT2D eigenvalue weighted by atomic mass is 10.1. The number of carbonyl (C=O) groups is 1. The molecule has 0 radical (unpaired) electrons. The quantitative estimate of drug-likeness (QED) is 0.602. The summed E-state index contributed by atoms with van der Waals surface area (Å²) < 4.78 is 1.30.